The highest BCUT2D eigenvalue weighted by Gasteiger charge is 2.18. The smallest absolute Gasteiger partial charge is 0.257 e. The van der Waals surface area contributed by atoms with Gasteiger partial charge in [-0.2, -0.15) is 0 Å². The van der Waals surface area contributed by atoms with E-state index < -0.39 is 17.5 Å². The lowest BCUT2D eigenvalue weighted by Crippen LogP contribution is -2.29. The van der Waals surface area contributed by atoms with Crippen molar-refractivity contribution >= 4 is 41.2 Å². The van der Waals surface area contributed by atoms with Crippen molar-refractivity contribution in [2.45, 2.75) is 25.3 Å². The number of hydrogen-bond acceptors (Lipinski definition) is 2. The fourth-order valence-electron chi connectivity index (χ4n) is 3.27. The first-order valence-corrected chi connectivity index (χ1v) is 9.14. The molecule has 0 saturated heterocycles. The Labute approximate surface area is 174 Å². The van der Waals surface area contributed by atoms with E-state index in [0.29, 0.717) is 11.7 Å². The van der Waals surface area contributed by atoms with E-state index in [-0.39, 0.29) is 23.0 Å². The van der Waals surface area contributed by atoms with Gasteiger partial charge in [0.1, 0.15) is 11.6 Å². The van der Waals surface area contributed by atoms with Crippen molar-refractivity contribution in [1.29, 1.82) is 0 Å². The zero-order valence-corrected chi connectivity index (χ0v) is 17.2. The number of hydrogen-bond donors (Lipinski definition) is 1. The van der Waals surface area contributed by atoms with E-state index in [1.807, 2.05) is 0 Å². The number of rotatable bonds is 4. The summed E-state index contributed by atoms with van der Waals surface area (Å²) in [7, 11) is 4.11. The van der Waals surface area contributed by atoms with Gasteiger partial charge in [0.15, 0.2) is 0 Å². The summed E-state index contributed by atoms with van der Waals surface area (Å²) in [5.74, 6) is -1.46. The summed E-state index contributed by atoms with van der Waals surface area (Å²) in [5, 5.41) is 2.65. The Bertz CT molecular complexity index is 900. The van der Waals surface area contributed by atoms with Crippen LogP contribution in [0, 0.1) is 11.6 Å². The molecular formula is C21H22Cl2F2N2O. The largest absolute Gasteiger partial charge is 0.322 e. The Morgan fingerprint density at radius 1 is 1.14 bits per heavy atom. The van der Waals surface area contributed by atoms with Crippen LogP contribution < -0.4 is 5.32 Å². The summed E-state index contributed by atoms with van der Waals surface area (Å²) >= 11 is 5.93. The number of nitrogens with one attached hydrogen (secondary N) is 1. The van der Waals surface area contributed by atoms with E-state index in [1.54, 1.807) is 6.07 Å². The summed E-state index contributed by atoms with van der Waals surface area (Å²) in [6.07, 6.45) is 4.89. The zero-order chi connectivity index (χ0) is 19.6. The summed E-state index contributed by atoms with van der Waals surface area (Å²) in [6.45, 7) is 0. The van der Waals surface area contributed by atoms with Crippen molar-refractivity contribution in [1.82, 2.24) is 4.90 Å². The van der Waals surface area contributed by atoms with Crippen molar-refractivity contribution < 1.29 is 13.6 Å². The number of allylic oxidation sites excluding steroid dienone is 1. The molecule has 28 heavy (non-hydrogen) atoms. The van der Waals surface area contributed by atoms with E-state index >= 15 is 0 Å². The number of carbonyl (C=O) groups excluding carboxylic acids is 1. The molecule has 3 nitrogen and oxygen atoms in total. The predicted octanol–water partition coefficient (Wildman–Crippen LogP) is 5.79. The van der Waals surface area contributed by atoms with E-state index in [1.165, 1.54) is 18.2 Å². The molecule has 150 valence electrons. The Balaban J connectivity index is 0.00000280. The van der Waals surface area contributed by atoms with Crippen molar-refractivity contribution in [3.8, 4) is 0 Å². The molecule has 1 atom stereocenters. The Morgan fingerprint density at radius 3 is 2.50 bits per heavy atom. The average molecular weight is 427 g/mol. The molecule has 0 spiro atoms. The number of carbonyl (C=O) groups is 1. The van der Waals surface area contributed by atoms with Crippen molar-refractivity contribution in [2.24, 2.45) is 0 Å². The maximum atomic E-state index is 14.1. The Morgan fingerprint density at radius 2 is 1.89 bits per heavy atom. The van der Waals surface area contributed by atoms with Crippen LogP contribution in [0.2, 0.25) is 5.02 Å². The van der Waals surface area contributed by atoms with Gasteiger partial charge in [-0.1, -0.05) is 17.7 Å². The molecule has 0 fully saturated rings. The van der Waals surface area contributed by atoms with E-state index in [4.69, 9.17) is 11.6 Å². The second kappa shape index (κ2) is 9.50. The molecule has 7 heteroatoms. The van der Waals surface area contributed by atoms with E-state index in [0.717, 1.165) is 42.5 Å². The number of amides is 1. The fraction of sp³-hybridized carbons (Fsp3) is 0.286. The SMILES string of the molecule is CN(C)C1CC=C(c2cc(F)cc(NC(=O)c3ccc(F)cc3Cl)c2)CC1.Cl. The third-order valence-electron chi connectivity index (χ3n) is 4.82. The van der Waals surface area contributed by atoms with Crippen LogP contribution in [0.5, 0.6) is 0 Å². The van der Waals surface area contributed by atoms with Gasteiger partial charge in [0.2, 0.25) is 0 Å². The first-order valence-electron chi connectivity index (χ1n) is 8.76. The molecule has 1 aliphatic carbocycles. The summed E-state index contributed by atoms with van der Waals surface area (Å²) in [5.41, 5.74) is 2.30. The van der Waals surface area contributed by atoms with Crippen LogP contribution in [0.1, 0.15) is 35.2 Å². The summed E-state index contributed by atoms with van der Waals surface area (Å²) in [4.78, 5) is 14.6. The van der Waals surface area contributed by atoms with Gasteiger partial charge in [0, 0.05) is 11.7 Å². The number of anilines is 1. The second-order valence-corrected chi connectivity index (χ2v) is 7.34. The molecule has 3 rings (SSSR count). The second-order valence-electron chi connectivity index (χ2n) is 6.93. The van der Waals surface area contributed by atoms with Gasteiger partial charge in [0.05, 0.1) is 10.6 Å². The normalized spacial score (nSPS) is 16.4. The third kappa shape index (κ3) is 5.31. The standard InChI is InChI=1S/C21H21ClF2N2O.ClH/c1-26(2)18-6-3-13(4-7-18)14-9-16(24)11-17(10-14)25-21(27)19-8-5-15(23)12-20(19)22;/h3,5,8-12,18H,4,6-7H2,1-2H3,(H,25,27);1H. The van der Waals surface area contributed by atoms with Gasteiger partial charge in [-0.25, -0.2) is 8.78 Å². The maximum Gasteiger partial charge on any atom is 0.257 e. The number of halogens is 4. The van der Waals surface area contributed by atoms with Crippen LogP contribution >= 0.6 is 24.0 Å². The molecule has 1 amide bonds. The first-order chi connectivity index (χ1) is 12.8. The van der Waals surface area contributed by atoms with E-state index in [2.05, 4.69) is 30.4 Å². The van der Waals surface area contributed by atoms with Crippen molar-refractivity contribution in [3.63, 3.8) is 0 Å². The minimum Gasteiger partial charge on any atom is -0.322 e. The molecule has 0 aliphatic heterocycles. The lowest BCUT2D eigenvalue weighted by molar-refractivity contribution is 0.102. The molecule has 0 aromatic heterocycles. The van der Waals surface area contributed by atoms with Crippen LogP contribution in [-0.4, -0.2) is 30.9 Å². The minimum absolute atomic E-state index is 0. The lowest BCUT2D eigenvalue weighted by Gasteiger charge is -2.27. The maximum absolute atomic E-state index is 14.1. The van der Waals surface area contributed by atoms with Crippen LogP contribution in [0.4, 0.5) is 14.5 Å². The molecule has 0 radical (unpaired) electrons. The molecule has 2 aromatic rings. The zero-order valence-electron chi connectivity index (χ0n) is 15.6. The summed E-state index contributed by atoms with van der Waals surface area (Å²) in [6, 6.07) is 8.50. The Hall–Kier alpha value is -1.95. The monoisotopic (exact) mass is 426 g/mol. The molecule has 1 aliphatic rings. The number of nitrogens with zero attached hydrogens (tertiary/aromatic N) is 1. The number of benzene rings is 2. The highest BCUT2D eigenvalue weighted by Crippen LogP contribution is 2.31. The highest BCUT2D eigenvalue weighted by molar-refractivity contribution is 6.34. The molecule has 1 N–H and O–H groups in total. The van der Waals surface area contributed by atoms with Gasteiger partial charge in [-0.3, -0.25) is 4.79 Å². The Kier molecular flexibility index (Phi) is 7.58. The predicted molar refractivity (Wildman–Crippen MR) is 112 cm³/mol. The third-order valence-corrected chi connectivity index (χ3v) is 5.13. The van der Waals surface area contributed by atoms with Crippen LogP contribution in [0.3, 0.4) is 0 Å². The highest BCUT2D eigenvalue weighted by atomic mass is 35.5. The van der Waals surface area contributed by atoms with Gasteiger partial charge in [0.25, 0.3) is 5.91 Å². The molecule has 2 aromatic carbocycles. The topological polar surface area (TPSA) is 32.3 Å². The van der Waals surface area contributed by atoms with Crippen LogP contribution in [0.15, 0.2) is 42.5 Å². The van der Waals surface area contributed by atoms with Gasteiger partial charge < -0.3 is 10.2 Å². The first kappa shape index (κ1) is 22.3. The lowest BCUT2D eigenvalue weighted by atomic mass is 9.90. The minimum atomic E-state index is -0.523. The molecule has 0 bridgehead atoms. The molecular weight excluding hydrogens is 405 g/mol. The van der Waals surface area contributed by atoms with Gasteiger partial charge in [-0.15, -0.1) is 12.4 Å². The molecule has 0 heterocycles. The van der Waals surface area contributed by atoms with E-state index in [9.17, 15) is 13.6 Å². The average Bonchev–Trinajstić information content (AvgIpc) is 2.61. The summed E-state index contributed by atoms with van der Waals surface area (Å²) < 4.78 is 27.3. The van der Waals surface area contributed by atoms with Gasteiger partial charge in [-0.05, 0) is 80.9 Å². The quantitative estimate of drug-likeness (QED) is 0.670. The molecule has 0 saturated carbocycles. The van der Waals surface area contributed by atoms with Gasteiger partial charge >= 0.3 is 0 Å². The van der Waals surface area contributed by atoms with Crippen LogP contribution in [0.25, 0.3) is 5.57 Å². The fourth-order valence-corrected chi connectivity index (χ4v) is 3.52. The van der Waals surface area contributed by atoms with Crippen molar-refractivity contribution in [3.05, 3.63) is 70.3 Å². The van der Waals surface area contributed by atoms with Crippen LogP contribution in [-0.2, 0) is 0 Å². The molecule has 1 unspecified atom stereocenters. The van der Waals surface area contributed by atoms with Crippen molar-refractivity contribution in [2.75, 3.05) is 19.4 Å².